The molecule has 0 radical (unpaired) electrons. The maximum atomic E-state index is 14.5. The number of carbonyl (C=O) groups excluding carboxylic acids is 1. The van der Waals surface area contributed by atoms with Gasteiger partial charge in [0.15, 0.2) is 0 Å². The second-order valence-corrected chi connectivity index (χ2v) is 14.1. The van der Waals surface area contributed by atoms with Crippen LogP contribution in [-0.4, -0.2) is 10.1 Å². The highest BCUT2D eigenvalue weighted by Gasteiger charge is 2.33. The van der Waals surface area contributed by atoms with E-state index in [9.17, 15) is 9.00 Å². The lowest BCUT2D eigenvalue weighted by molar-refractivity contribution is 0.0937. The summed E-state index contributed by atoms with van der Waals surface area (Å²) in [5.41, 5.74) is 2.40. The van der Waals surface area contributed by atoms with E-state index in [1.807, 2.05) is 146 Å². The minimum Gasteiger partial charge on any atom is -0.344 e. The minimum atomic E-state index is -1.46. The van der Waals surface area contributed by atoms with Gasteiger partial charge in [0, 0.05) is 10.5 Å². The zero-order chi connectivity index (χ0) is 30.1. The van der Waals surface area contributed by atoms with Gasteiger partial charge < -0.3 is 5.32 Å². The van der Waals surface area contributed by atoms with Crippen LogP contribution in [0.1, 0.15) is 32.8 Å². The van der Waals surface area contributed by atoms with Crippen molar-refractivity contribution in [2.45, 2.75) is 16.2 Å². The second-order valence-electron chi connectivity index (χ2n) is 10.3. The van der Waals surface area contributed by atoms with Crippen molar-refractivity contribution in [1.29, 1.82) is 0 Å². The minimum absolute atomic E-state index is 0.195. The summed E-state index contributed by atoms with van der Waals surface area (Å²) in [6.45, 7) is 0. The van der Waals surface area contributed by atoms with Crippen LogP contribution in [0.15, 0.2) is 181 Å². The van der Waals surface area contributed by atoms with Crippen molar-refractivity contribution in [2.24, 2.45) is 0 Å². The highest BCUT2D eigenvalue weighted by atomic mass is 32.2. The first-order valence-corrected chi connectivity index (χ1v) is 17.1. The smallest absolute Gasteiger partial charge is 0.252 e. The normalized spacial score (nSPS) is 13.1. The fraction of sp³-hybridized carbons (Fsp3) is 0.0513. The van der Waals surface area contributed by atoms with Gasteiger partial charge in [0.1, 0.15) is 0 Å². The van der Waals surface area contributed by atoms with Gasteiger partial charge in [-0.25, -0.2) is 0 Å². The maximum absolute atomic E-state index is 14.5. The van der Waals surface area contributed by atoms with Gasteiger partial charge in [-0.3, -0.25) is 9.00 Å². The fourth-order valence-electron chi connectivity index (χ4n) is 5.44. The number of benzene rings is 6. The van der Waals surface area contributed by atoms with E-state index in [0.29, 0.717) is 10.5 Å². The average Bonchev–Trinajstić information content (AvgIpc) is 3.10. The molecule has 0 aromatic heterocycles. The van der Waals surface area contributed by atoms with E-state index in [1.54, 1.807) is 0 Å². The molecule has 0 aliphatic carbocycles. The van der Waals surface area contributed by atoms with Crippen molar-refractivity contribution in [2.75, 3.05) is 0 Å². The molecule has 1 N–H and O–H groups in total. The number of hydrogen-bond donors (Lipinski definition) is 1. The maximum Gasteiger partial charge on any atom is 0.252 e. The van der Waals surface area contributed by atoms with E-state index in [4.69, 9.17) is 0 Å². The summed E-state index contributed by atoms with van der Waals surface area (Å²) >= 11 is 0. The fourth-order valence-corrected chi connectivity index (χ4v) is 9.48. The van der Waals surface area contributed by atoms with E-state index in [2.05, 4.69) is 35.6 Å². The number of amides is 1. The molecular formula is C39H32NO2PS. The molecule has 3 atom stereocenters. The van der Waals surface area contributed by atoms with Crippen LogP contribution in [0.5, 0.6) is 0 Å². The molecule has 5 heteroatoms. The van der Waals surface area contributed by atoms with Crippen molar-refractivity contribution in [3.8, 4) is 0 Å². The topological polar surface area (TPSA) is 46.2 Å². The molecular weight excluding hydrogens is 577 g/mol. The largest absolute Gasteiger partial charge is 0.344 e. The quantitative estimate of drug-likeness (QED) is 0.164. The molecule has 216 valence electrons. The molecule has 6 aromatic rings. The van der Waals surface area contributed by atoms with Crippen molar-refractivity contribution >= 4 is 40.5 Å². The molecule has 0 bridgehead atoms. The first kappa shape index (κ1) is 29.4. The standard InChI is InChI=1S/C39H32NO2PS/c41-39(35-28-16-17-29-36(35)43(32-22-10-3-11-23-32)33-24-12-4-13-25-33)40-37(30-18-6-1-7-19-30)38(31-20-8-2-9-21-31)44(42)34-26-14-5-15-27-34/h1-29,37-38H,(H,40,41)/t37-,38+,44?/m0/s1. The SMILES string of the molecule is O=C(N[C@@H](c1ccccc1)[C@@H](c1ccccc1)S(=O)c1ccccc1)c1ccccc1P(c1ccccc1)c1ccccc1. The monoisotopic (exact) mass is 609 g/mol. The zero-order valence-corrected chi connectivity index (χ0v) is 25.8. The molecule has 0 saturated heterocycles. The molecule has 3 nitrogen and oxygen atoms in total. The molecule has 6 aromatic carbocycles. The predicted molar refractivity (Wildman–Crippen MR) is 184 cm³/mol. The summed E-state index contributed by atoms with van der Waals surface area (Å²) in [7, 11) is -2.47. The van der Waals surface area contributed by atoms with Crippen LogP contribution in [0, 0.1) is 0 Å². The number of carbonyl (C=O) groups is 1. The first-order chi connectivity index (χ1) is 21.7. The Morgan fingerprint density at radius 3 is 1.50 bits per heavy atom. The van der Waals surface area contributed by atoms with Crippen LogP contribution in [0.4, 0.5) is 0 Å². The highest BCUT2D eigenvalue weighted by molar-refractivity contribution is 7.85. The molecule has 1 amide bonds. The summed E-state index contributed by atoms with van der Waals surface area (Å²) in [5, 5.41) is 6.16. The number of hydrogen-bond acceptors (Lipinski definition) is 2. The number of nitrogens with one attached hydrogen (secondary N) is 1. The lowest BCUT2D eigenvalue weighted by atomic mass is 9.97. The lowest BCUT2D eigenvalue weighted by Gasteiger charge is -2.29. The van der Waals surface area contributed by atoms with Gasteiger partial charge in [-0.05, 0) is 53.2 Å². The Bertz CT molecular complexity index is 1780. The van der Waals surface area contributed by atoms with Crippen LogP contribution in [0.2, 0.25) is 0 Å². The van der Waals surface area contributed by atoms with Gasteiger partial charge in [0.05, 0.1) is 22.1 Å². The first-order valence-electron chi connectivity index (χ1n) is 14.6. The Balaban J connectivity index is 1.45. The van der Waals surface area contributed by atoms with E-state index in [1.165, 1.54) is 10.6 Å². The summed E-state index contributed by atoms with van der Waals surface area (Å²) in [4.78, 5) is 15.2. The molecule has 6 rings (SSSR count). The van der Waals surface area contributed by atoms with E-state index < -0.39 is 30.0 Å². The summed E-state index contributed by atoms with van der Waals surface area (Å²) in [5.74, 6) is -0.195. The Labute approximate surface area is 262 Å². The molecule has 0 spiro atoms. The van der Waals surface area contributed by atoms with E-state index >= 15 is 0 Å². The van der Waals surface area contributed by atoms with Crippen molar-refractivity contribution in [3.05, 3.63) is 193 Å². The van der Waals surface area contributed by atoms with Crippen LogP contribution < -0.4 is 21.2 Å². The Kier molecular flexibility index (Phi) is 9.52. The zero-order valence-electron chi connectivity index (χ0n) is 24.1. The molecule has 44 heavy (non-hydrogen) atoms. The molecule has 0 heterocycles. The van der Waals surface area contributed by atoms with Gasteiger partial charge in [-0.2, -0.15) is 0 Å². The summed E-state index contributed by atoms with van der Waals surface area (Å²) in [6, 6.07) is 57.3. The van der Waals surface area contributed by atoms with Gasteiger partial charge in [0.2, 0.25) is 0 Å². The summed E-state index contributed by atoms with van der Waals surface area (Å²) < 4.78 is 14.4. The Morgan fingerprint density at radius 2 is 0.955 bits per heavy atom. The van der Waals surface area contributed by atoms with E-state index in [-0.39, 0.29) is 5.91 Å². The van der Waals surface area contributed by atoms with Gasteiger partial charge in [0.25, 0.3) is 5.91 Å². The van der Waals surface area contributed by atoms with Crippen molar-refractivity contribution in [3.63, 3.8) is 0 Å². The molecule has 1 unspecified atom stereocenters. The van der Waals surface area contributed by atoms with Crippen molar-refractivity contribution < 1.29 is 9.00 Å². The van der Waals surface area contributed by atoms with Gasteiger partial charge in [-0.15, -0.1) is 0 Å². The van der Waals surface area contributed by atoms with E-state index in [0.717, 1.165) is 16.4 Å². The van der Waals surface area contributed by atoms with Crippen LogP contribution >= 0.6 is 7.92 Å². The van der Waals surface area contributed by atoms with Crippen LogP contribution in [-0.2, 0) is 10.8 Å². The molecule has 0 aliphatic heterocycles. The number of rotatable bonds is 10. The third-order valence-electron chi connectivity index (χ3n) is 7.50. The predicted octanol–water partition coefficient (Wildman–Crippen LogP) is 7.47. The molecule has 0 fully saturated rings. The Hall–Kier alpha value is -4.63. The van der Waals surface area contributed by atoms with Gasteiger partial charge in [-0.1, -0.05) is 158 Å². The second kappa shape index (κ2) is 14.2. The third kappa shape index (κ3) is 6.63. The molecule has 0 aliphatic rings. The van der Waals surface area contributed by atoms with Crippen molar-refractivity contribution in [1.82, 2.24) is 5.32 Å². The highest BCUT2D eigenvalue weighted by Crippen LogP contribution is 2.38. The summed E-state index contributed by atoms with van der Waals surface area (Å²) in [6.07, 6.45) is 0. The lowest BCUT2D eigenvalue weighted by Crippen LogP contribution is -2.37. The third-order valence-corrected chi connectivity index (χ3v) is 11.7. The van der Waals surface area contributed by atoms with Crippen LogP contribution in [0.25, 0.3) is 0 Å². The average molecular weight is 610 g/mol. The van der Waals surface area contributed by atoms with Gasteiger partial charge >= 0.3 is 0 Å². The Morgan fingerprint density at radius 1 is 0.523 bits per heavy atom. The van der Waals surface area contributed by atoms with Crippen LogP contribution in [0.3, 0.4) is 0 Å². The molecule has 0 saturated carbocycles.